The molecule has 2 aliphatic rings. The molecule has 5 nitrogen and oxygen atoms in total. The molecule has 0 unspecified atom stereocenters. The smallest absolute Gasteiger partial charge is 0.238 e. The number of nitriles is 1. The summed E-state index contributed by atoms with van der Waals surface area (Å²) in [5, 5.41) is 12.0. The van der Waals surface area contributed by atoms with Gasteiger partial charge in [-0.05, 0) is 37.5 Å². The summed E-state index contributed by atoms with van der Waals surface area (Å²) < 4.78 is 5.75. The lowest BCUT2D eigenvalue weighted by Crippen LogP contribution is -2.51. The van der Waals surface area contributed by atoms with E-state index in [4.69, 9.17) is 21.6 Å². The van der Waals surface area contributed by atoms with Crippen LogP contribution in [0.15, 0.2) is 18.2 Å². The summed E-state index contributed by atoms with van der Waals surface area (Å²) in [5.74, 6) is -0.0617. The lowest BCUT2D eigenvalue weighted by molar-refractivity contribution is -0.121. The fraction of sp³-hybridized carbons (Fsp3) is 0.500. The Labute approximate surface area is 134 Å². The number of nitrogens with one attached hydrogen (secondary N) is 1. The second kappa shape index (κ2) is 6.66. The second-order valence-corrected chi connectivity index (χ2v) is 6.14. The van der Waals surface area contributed by atoms with Crippen LogP contribution >= 0.6 is 11.6 Å². The normalized spacial score (nSPS) is 24.5. The van der Waals surface area contributed by atoms with E-state index in [-0.39, 0.29) is 12.0 Å². The highest BCUT2D eigenvalue weighted by Gasteiger charge is 2.36. The van der Waals surface area contributed by atoms with Crippen LogP contribution in [0.2, 0.25) is 5.02 Å². The summed E-state index contributed by atoms with van der Waals surface area (Å²) in [5.41, 5.74) is 1.02. The number of hydrogen-bond donors (Lipinski definition) is 1. The van der Waals surface area contributed by atoms with E-state index in [1.165, 1.54) is 6.42 Å². The Hall–Kier alpha value is -1.61. The van der Waals surface area contributed by atoms with E-state index in [2.05, 4.69) is 10.2 Å². The third-order valence-electron chi connectivity index (χ3n) is 4.32. The van der Waals surface area contributed by atoms with Crippen LogP contribution in [0, 0.1) is 11.3 Å². The van der Waals surface area contributed by atoms with Crippen LogP contribution in [0.3, 0.4) is 0 Å². The molecule has 1 saturated heterocycles. The lowest BCUT2D eigenvalue weighted by Gasteiger charge is -2.37. The molecule has 1 heterocycles. The molecule has 1 saturated carbocycles. The molecule has 0 spiro atoms. The predicted octanol–water partition coefficient (Wildman–Crippen LogP) is 2.40. The number of carbonyl (C=O) groups excluding carboxylic acids is 1. The van der Waals surface area contributed by atoms with Gasteiger partial charge in [-0.1, -0.05) is 11.6 Å². The van der Waals surface area contributed by atoms with Crippen molar-refractivity contribution < 1.29 is 9.53 Å². The number of hydrogen-bond acceptors (Lipinski definition) is 4. The number of anilines is 1. The van der Waals surface area contributed by atoms with Crippen molar-refractivity contribution >= 4 is 23.2 Å². The van der Waals surface area contributed by atoms with E-state index >= 15 is 0 Å². The monoisotopic (exact) mass is 319 g/mol. The highest BCUT2D eigenvalue weighted by atomic mass is 35.5. The van der Waals surface area contributed by atoms with Crippen molar-refractivity contribution in [1.29, 1.82) is 5.26 Å². The summed E-state index contributed by atoms with van der Waals surface area (Å²) >= 11 is 5.98. The Morgan fingerprint density at radius 1 is 1.50 bits per heavy atom. The lowest BCUT2D eigenvalue weighted by atomic mass is 10.1. The van der Waals surface area contributed by atoms with Gasteiger partial charge in [-0.25, -0.2) is 0 Å². The standard InChI is InChI=1S/C16H18ClN3O2/c17-13-8-12(5-4-11(13)9-18)19-16(21)10-20-6-7-22-15-3-1-2-14(15)20/h4-5,8,14-15H,1-3,6-7,10H2,(H,19,21)/t14-,15-/m0/s1. The zero-order chi connectivity index (χ0) is 15.5. The molecule has 1 aromatic rings. The molecule has 116 valence electrons. The molecule has 0 bridgehead atoms. The van der Waals surface area contributed by atoms with Crippen molar-refractivity contribution in [3.05, 3.63) is 28.8 Å². The van der Waals surface area contributed by atoms with Crippen molar-refractivity contribution in [2.45, 2.75) is 31.4 Å². The van der Waals surface area contributed by atoms with Crippen molar-refractivity contribution in [2.75, 3.05) is 25.0 Å². The van der Waals surface area contributed by atoms with Gasteiger partial charge in [0.05, 0.1) is 29.8 Å². The number of nitrogens with zero attached hydrogens (tertiary/aromatic N) is 2. The number of halogens is 1. The van der Waals surface area contributed by atoms with Gasteiger partial charge in [0.2, 0.25) is 5.91 Å². The largest absolute Gasteiger partial charge is 0.375 e. The molecule has 2 atom stereocenters. The molecule has 2 fully saturated rings. The van der Waals surface area contributed by atoms with E-state index in [0.717, 1.165) is 19.4 Å². The third-order valence-corrected chi connectivity index (χ3v) is 4.63. The van der Waals surface area contributed by atoms with Gasteiger partial charge in [-0.2, -0.15) is 5.26 Å². The predicted molar refractivity (Wildman–Crippen MR) is 83.7 cm³/mol. The minimum Gasteiger partial charge on any atom is -0.375 e. The Balaban J connectivity index is 1.60. The van der Waals surface area contributed by atoms with Gasteiger partial charge in [0, 0.05) is 18.3 Å². The average Bonchev–Trinajstić information content (AvgIpc) is 2.97. The summed E-state index contributed by atoms with van der Waals surface area (Å²) in [6.45, 7) is 1.85. The molecule has 1 aliphatic carbocycles. The van der Waals surface area contributed by atoms with Crippen molar-refractivity contribution in [1.82, 2.24) is 4.90 Å². The van der Waals surface area contributed by atoms with Crippen LogP contribution in [0.4, 0.5) is 5.69 Å². The molecular formula is C16H18ClN3O2. The topological polar surface area (TPSA) is 65.4 Å². The first-order valence-electron chi connectivity index (χ1n) is 7.52. The molecule has 3 rings (SSSR count). The average molecular weight is 320 g/mol. The number of rotatable bonds is 3. The highest BCUT2D eigenvalue weighted by Crippen LogP contribution is 2.29. The van der Waals surface area contributed by atoms with Gasteiger partial charge in [-0.15, -0.1) is 0 Å². The van der Waals surface area contributed by atoms with Crippen LogP contribution in [-0.4, -0.2) is 42.6 Å². The number of benzene rings is 1. The molecule has 1 N–H and O–H groups in total. The maximum Gasteiger partial charge on any atom is 0.238 e. The van der Waals surface area contributed by atoms with E-state index in [1.54, 1.807) is 18.2 Å². The van der Waals surface area contributed by atoms with Gasteiger partial charge in [-0.3, -0.25) is 9.69 Å². The van der Waals surface area contributed by atoms with Crippen molar-refractivity contribution in [3.63, 3.8) is 0 Å². The fourth-order valence-electron chi connectivity index (χ4n) is 3.27. The van der Waals surface area contributed by atoms with Crippen LogP contribution in [-0.2, 0) is 9.53 Å². The number of fused-ring (bicyclic) bond motifs is 1. The quantitative estimate of drug-likeness (QED) is 0.929. The third kappa shape index (κ3) is 3.25. The van der Waals surface area contributed by atoms with E-state index in [0.29, 0.717) is 35.5 Å². The van der Waals surface area contributed by atoms with Gasteiger partial charge >= 0.3 is 0 Å². The minimum atomic E-state index is -0.0617. The summed E-state index contributed by atoms with van der Waals surface area (Å²) in [4.78, 5) is 14.4. The molecule has 6 heteroatoms. The van der Waals surface area contributed by atoms with E-state index < -0.39 is 0 Å². The van der Waals surface area contributed by atoms with Crippen molar-refractivity contribution in [2.24, 2.45) is 0 Å². The maximum absolute atomic E-state index is 12.2. The number of amides is 1. The fourth-order valence-corrected chi connectivity index (χ4v) is 3.49. The van der Waals surface area contributed by atoms with Crippen LogP contribution in [0.5, 0.6) is 0 Å². The number of morpholine rings is 1. The molecule has 1 amide bonds. The molecule has 0 radical (unpaired) electrons. The molecule has 1 aromatic carbocycles. The van der Waals surface area contributed by atoms with Crippen LogP contribution in [0.25, 0.3) is 0 Å². The first-order valence-corrected chi connectivity index (χ1v) is 7.90. The second-order valence-electron chi connectivity index (χ2n) is 5.73. The number of ether oxygens (including phenoxy) is 1. The van der Waals surface area contributed by atoms with Crippen LogP contribution < -0.4 is 5.32 Å². The Bertz CT molecular complexity index is 614. The zero-order valence-electron chi connectivity index (χ0n) is 12.2. The van der Waals surface area contributed by atoms with Gasteiger partial charge in [0.25, 0.3) is 0 Å². The Kier molecular flexibility index (Phi) is 4.63. The molecule has 0 aromatic heterocycles. The summed E-state index contributed by atoms with van der Waals surface area (Å²) in [6.07, 6.45) is 3.64. The summed E-state index contributed by atoms with van der Waals surface area (Å²) in [7, 11) is 0. The SMILES string of the molecule is N#Cc1ccc(NC(=O)CN2CCO[C@H]3CCC[C@@H]32)cc1Cl. The molecular weight excluding hydrogens is 302 g/mol. The Morgan fingerprint density at radius 3 is 3.14 bits per heavy atom. The van der Waals surface area contributed by atoms with Gasteiger partial charge in [0.1, 0.15) is 6.07 Å². The maximum atomic E-state index is 12.2. The van der Waals surface area contributed by atoms with Crippen LogP contribution in [0.1, 0.15) is 24.8 Å². The molecule has 1 aliphatic heterocycles. The Morgan fingerprint density at radius 2 is 2.36 bits per heavy atom. The number of carbonyl (C=O) groups is 1. The van der Waals surface area contributed by atoms with Gasteiger partial charge in [0.15, 0.2) is 0 Å². The highest BCUT2D eigenvalue weighted by molar-refractivity contribution is 6.32. The molecule has 22 heavy (non-hydrogen) atoms. The summed E-state index contributed by atoms with van der Waals surface area (Å²) in [6, 6.07) is 7.28. The minimum absolute atomic E-state index is 0.0617. The first-order chi connectivity index (χ1) is 10.7. The van der Waals surface area contributed by atoms with Gasteiger partial charge < -0.3 is 10.1 Å². The van der Waals surface area contributed by atoms with E-state index in [1.807, 2.05) is 6.07 Å². The first kappa shape index (κ1) is 15.3. The van der Waals surface area contributed by atoms with Crippen molar-refractivity contribution in [3.8, 4) is 6.07 Å². The zero-order valence-corrected chi connectivity index (χ0v) is 13.0. The van der Waals surface area contributed by atoms with E-state index in [9.17, 15) is 4.79 Å².